The van der Waals surface area contributed by atoms with E-state index in [4.69, 9.17) is 4.98 Å². The normalized spacial score (nSPS) is 17.1. The molecule has 0 radical (unpaired) electrons. The molecule has 2 fully saturated rings. The summed E-state index contributed by atoms with van der Waals surface area (Å²) < 4.78 is 17.3. The first-order valence-electron chi connectivity index (χ1n) is 21.2. The third kappa shape index (κ3) is 8.01. The number of rotatable bonds is 12. The molecule has 16 heteroatoms. The molecule has 5 amide bonds. The maximum atomic E-state index is 15.5. The molecule has 6 heterocycles. The Labute approximate surface area is 357 Å². The summed E-state index contributed by atoms with van der Waals surface area (Å²) >= 11 is 0. The fourth-order valence-corrected chi connectivity index (χ4v) is 8.98. The van der Waals surface area contributed by atoms with E-state index in [9.17, 15) is 28.8 Å². The number of benzene rings is 2. The Hall–Kier alpha value is -6.55. The van der Waals surface area contributed by atoms with Crippen molar-refractivity contribution in [3.8, 4) is 11.1 Å². The number of aromatic nitrogens is 4. The van der Waals surface area contributed by atoms with Crippen LogP contribution in [0.25, 0.3) is 22.0 Å². The third-order valence-electron chi connectivity index (χ3n) is 12.3. The summed E-state index contributed by atoms with van der Waals surface area (Å²) in [6.45, 7) is 9.69. The van der Waals surface area contributed by atoms with E-state index in [0.29, 0.717) is 29.6 Å². The van der Waals surface area contributed by atoms with Crippen LogP contribution in [0.1, 0.15) is 112 Å². The molecular weight excluding hydrogens is 794 g/mol. The number of carbonyl (C=O) groups excluding carboxylic acids is 5. The van der Waals surface area contributed by atoms with Crippen LogP contribution in [-0.2, 0) is 29.1 Å². The molecule has 0 spiro atoms. The van der Waals surface area contributed by atoms with Gasteiger partial charge < -0.3 is 15.2 Å². The van der Waals surface area contributed by atoms with Crippen LogP contribution in [0.2, 0.25) is 0 Å². The van der Waals surface area contributed by atoms with Crippen molar-refractivity contribution in [1.29, 1.82) is 0 Å². The Bertz CT molecular complexity index is 2680. The maximum absolute atomic E-state index is 15.5. The van der Waals surface area contributed by atoms with Crippen molar-refractivity contribution in [2.45, 2.75) is 97.4 Å². The number of carbonyl (C=O) groups is 5. The molecule has 1 unspecified atom stereocenters. The number of fused-ring (bicyclic) bond motifs is 2. The molecule has 0 aliphatic carbocycles. The number of hydrogen-bond acceptors (Lipinski definition) is 10. The molecular formula is C46H50FN9O6. The number of halogens is 1. The second-order valence-electron chi connectivity index (χ2n) is 16.8. The summed E-state index contributed by atoms with van der Waals surface area (Å²) in [4.78, 5) is 90.2. The zero-order valence-electron chi connectivity index (χ0n) is 35.5. The monoisotopic (exact) mass is 843 g/mol. The summed E-state index contributed by atoms with van der Waals surface area (Å²) in [5.74, 6) is -2.70. The van der Waals surface area contributed by atoms with E-state index in [2.05, 4.69) is 32.5 Å². The summed E-state index contributed by atoms with van der Waals surface area (Å²) in [5.41, 5.74) is 5.20. The van der Waals surface area contributed by atoms with Gasteiger partial charge in [0.25, 0.3) is 23.3 Å². The zero-order valence-corrected chi connectivity index (χ0v) is 35.5. The van der Waals surface area contributed by atoms with E-state index >= 15 is 4.39 Å². The smallest absolute Gasteiger partial charge is 0.262 e. The summed E-state index contributed by atoms with van der Waals surface area (Å²) in [5, 5.41) is 10.5. The van der Waals surface area contributed by atoms with Crippen LogP contribution >= 0.6 is 0 Å². The summed E-state index contributed by atoms with van der Waals surface area (Å²) in [6, 6.07) is 11.3. The first-order valence-corrected chi connectivity index (χ1v) is 21.2. The highest BCUT2D eigenvalue weighted by atomic mass is 19.1. The molecule has 8 rings (SSSR count). The van der Waals surface area contributed by atoms with E-state index in [0.717, 1.165) is 70.4 Å². The van der Waals surface area contributed by atoms with Gasteiger partial charge in [0, 0.05) is 78.7 Å². The topological polar surface area (TPSA) is 183 Å². The number of aromatic amines is 1. The van der Waals surface area contributed by atoms with Crippen molar-refractivity contribution in [2.75, 3.05) is 25.0 Å². The van der Waals surface area contributed by atoms with Crippen LogP contribution < -0.4 is 21.1 Å². The predicted molar refractivity (Wildman–Crippen MR) is 230 cm³/mol. The summed E-state index contributed by atoms with van der Waals surface area (Å²) in [6.07, 6.45) is 6.69. The molecule has 62 heavy (non-hydrogen) atoms. The highest BCUT2D eigenvalue weighted by Gasteiger charge is 2.45. The number of imide groups is 2. The van der Waals surface area contributed by atoms with Gasteiger partial charge in [0.15, 0.2) is 0 Å². The van der Waals surface area contributed by atoms with E-state index in [1.54, 1.807) is 12.4 Å². The number of piperidine rings is 2. The number of anilines is 1. The lowest BCUT2D eigenvalue weighted by Crippen LogP contribution is -2.54. The van der Waals surface area contributed by atoms with Crippen molar-refractivity contribution >= 4 is 46.3 Å². The van der Waals surface area contributed by atoms with Gasteiger partial charge in [-0.1, -0.05) is 13.3 Å². The highest BCUT2D eigenvalue weighted by Crippen LogP contribution is 2.33. The minimum atomic E-state index is -1.12. The molecule has 2 saturated heterocycles. The Balaban J connectivity index is 0.935. The van der Waals surface area contributed by atoms with Gasteiger partial charge >= 0.3 is 0 Å². The number of hydrogen-bond donors (Lipinski definition) is 3. The van der Waals surface area contributed by atoms with E-state index in [1.807, 2.05) is 67.7 Å². The molecule has 0 saturated carbocycles. The van der Waals surface area contributed by atoms with E-state index in [1.165, 1.54) is 6.07 Å². The standard InChI is InChI=1S/C46H50FN9O6/c1-6-7-27-16-26(4)51-43(59)35(27)22-49-42(58)32-17-29(19-39-36(32)23-50-56(39)25(2)3)28-8-10-40(48-21-28)54-14-12-31(13-15-54)53(5)24-30-18-33-34(20-37(30)47)46(62)55(45(33)61)38-9-11-41(57)52-44(38)60/h8,10,16-21,23,25,31,38H,6-7,9,11-15,22,24H2,1-5H3,(H,49,58)(H,51,59)(H,52,57,60). The molecule has 2 aromatic carbocycles. The van der Waals surface area contributed by atoms with Gasteiger partial charge in [0.2, 0.25) is 11.8 Å². The number of aryl methyl sites for hydroxylation is 2. The van der Waals surface area contributed by atoms with Crippen molar-refractivity contribution in [1.82, 2.24) is 40.2 Å². The Morgan fingerprint density at radius 1 is 0.952 bits per heavy atom. The average Bonchev–Trinajstić information content (AvgIpc) is 3.78. The van der Waals surface area contributed by atoms with Gasteiger partial charge in [0.05, 0.1) is 28.4 Å². The van der Waals surface area contributed by atoms with Crippen molar-refractivity contribution in [2.24, 2.45) is 0 Å². The van der Waals surface area contributed by atoms with Crippen LogP contribution in [0.4, 0.5) is 10.2 Å². The minimum Gasteiger partial charge on any atom is -0.357 e. The van der Waals surface area contributed by atoms with E-state index in [-0.39, 0.29) is 66.2 Å². The first kappa shape index (κ1) is 42.2. The fourth-order valence-electron chi connectivity index (χ4n) is 8.98. The van der Waals surface area contributed by atoms with Crippen molar-refractivity contribution in [3.63, 3.8) is 0 Å². The number of nitrogens with zero attached hydrogens (tertiary/aromatic N) is 6. The van der Waals surface area contributed by atoms with Crippen LogP contribution in [0.3, 0.4) is 0 Å². The zero-order chi connectivity index (χ0) is 44.0. The minimum absolute atomic E-state index is 0.00143. The molecule has 3 aliphatic heterocycles. The Morgan fingerprint density at radius 2 is 1.69 bits per heavy atom. The van der Waals surface area contributed by atoms with E-state index < -0.39 is 35.5 Å². The number of nitrogens with one attached hydrogen (secondary N) is 3. The van der Waals surface area contributed by atoms with Gasteiger partial charge in [-0.15, -0.1) is 0 Å². The highest BCUT2D eigenvalue weighted by molar-refractivity contribution is 6.23. The quantitative estimate of drug-likeness (QED) is 0.141. The van der Waals surface area contributed by atoms with Gasteiger partial charge in [-0.25, -0.2) is 9.37 Å². The SMILES string of the molecule is CCCc1cc(C)[nH]c(=O)c1CNC(=O)c1cc(-c2ccc(N3CCC(N(C)Cc4cc5c(cc4F)C(=O)N(C4CCC(=O)NC4=O)C5=O)CC3)nc2)cc2c1cnn2C(C)C. The molecule has 5 aromatic rings. The van der Waals surface area contributed by atoms with Crippen LogP contribution in [0.5, 0.6) is 0 Å². The average molecular weight is 844 g/mol. The van der Waals surface area contributed by atoms with Crippen LogP contribution in [0.15, 0.2) is 59.7 Å². The predicted octanol–water partition coefficient (Wildman–Crippen LogP) is 5.20. The van der Waals surface area contributed by atoms with Crippen molar-refractivity contribution in [3.05, 3.63) is 110 Å². The van der Waals surface area contributed by atoms with Gasteiger partial charge in [0.1, 0.15) is 17.7 Å². The van der Waals surface area contributed by atoms with Gasteiger partial charge in [-0.3, -0.25) is 48.6 Å². The van der Waals surface area contributed by atoms with Gasteiger partial charge in [-0.2, -0.15) is 5.10 Å². The Kier molecular flexibility index (Phi) is 11.6. The fraction of sp³-hybridized carbons (Fsp3) is 0.391. The first-order chi connectivity index (χ1) is 29.7. The maximum Gasteiger partial charge on any atom is 0.262 e. The lowest BCUT2D eigenvalue weighted by molar-refractivity contribution is -0.136. The molecule has 0 bridgehead atoms. The van der Waals surface area contributed by atoms with Gasteiger partial charge in [-0.05, 0) is 107 Å². The van der Waals surface area contributed by atoms with Crippen molar-refractivity contribution < 1.29 is 28.4 Å². The molecule has 1 atom stereocenters. The third-order valence-corrected chi connectivity index (χ3v) is 12.3. The lowest BCUT2D eigenvalue weighted by Gasteiger charge is -2.37. The lowest BCUT2D eigenvalue weighted by atomic mass is 9.99. The van der Waals surface area contributed by atoms with Crippen LogP contribution in [-0.4, -0.2) is 91.3 Å². The molecule has 3 aromatic heterocycles. The molecule has 3 aliphatic rings. The summed E-state index contributed by atoms with van der Waals surface area (Å²) in [7, 11) is 1.91. The molecule has 3 N–H and O–H groups in total. The number of pyridine rings is 2. The second-order valence-corrected chi connectivity index (χ2v) is 16.8. The Morgan fingerprint density at radius 3 is 2.37 bits per heavy atom. The largest absolute Gasteiger partial charge is 0.357 e. The number of amides is 5. The molecule has 322 valence electrons. The second kappa shape index (κ2) is 17.1. The molecule has 15 nitrogen and oxygen atoms in total. The number of H-pyrrole nitrogens is 1. The van der Waals surface area contributed by atoms with Crippen LogP contribution in [0, 0.1) is 12.7 Å².